The Morgan fingerprint density at radius 1 is 1.22 bits per heavy atom. The summed E-state index contributed by atoms with van der Waals surface area (Å²) in [5.41, 5.74) is 4.82. The molecule has 0 atom stereocenters. The minimum Gasteiger partial charge on any atom is -0.399 e. The predicted molar refractivity (Wildman–Crippen MR) is 70.0 cm³/mol. The van der Waals surface area contributed by atoms with Gasteiger partial charge in [0.25, 0.3) is 5.91 Å². The number of nitrogens with two attached hydrogens (primary N) is 1. The number of hydrogen-bond acceptors (Lipinski definition) is 5. The number of nitrogens with one attached hydrogen (secondary N) is 1. The first kappa shape index (κ1) is 14.9. The second-order valence-corrected chi connectivity index (χ2v) is 4.90. The Bertz CT molecular complexity index is 407. The maximum Gasteiger partial charge on any atom is 0.252 e. The number of carbonyl (C=O) groups is 1. The summed E-state index contributed by atoms with van der Waals surface area (Å²) < 4.78 is 0.634. The number of aliphatic hydroxyl groups excluding tert-OH is 3. The Morgan fingerprint density at radius 2 is 1.78 bits per heavy atom. The van der Waals surface area contributed by atoms with Gasteiger partial charge < -0.3 is 26.4 Å². The van der Waals surface area contributed by atoms with Crippen LogP contribution in [-0.2, 0) is 0 Å². The first-order valence-corrected chi connectivity index (χ1v) is 5.97. The van der Waals surface area contributed by atoms with Crippen LogP contribution in [0.2, 0.25) is 0 Å². The number of halogens is 1. The van der Waals surface area contributed by atoms with Crippen LogP contribution in [0.3, 0.4) is 0 Å². The zero-order valence-electron chi connectivity index (χ0n) is 9.56. The van der Waals surface area contributed by atoms with E-state index in [1.54, 1.807) is 12.1 Å². The molecule has 7 heteroatoms. The summed E-state index contributed by atoms with van der Waals surface area (Å²) in [5, 5.41) is 29.7. The summed E-state index contributed by atoms with van der Waals surface area (Å²) in [4.78, 5) is 11.9. The van der Waals surface area contributed by atoms with Crippen LogP contribution in [0.5, 0.6) is 0 Å². The van der Waals surface area contributed by atoms with E-state index in [1.165, 1.54) is 6.07 Å². The molecule has 1 rings (SSSR count). The second-order valence-electron chi connectivity index (χ2n) is 3.98. The number of anilines is 1. The molecular weight excluding hydrogens is 304 g/mol. The molecule has 0 saturated carbocycles. The Labute approximate surface area is 113 Å². The Balaban J connectivity index is 2.94. The van der Waals surface area contributed by atoms with E-state index in [1.807, 2.05) is 0 Å². The Morgan fingerprint density at radius 3 is 2.22 bits per heavy atom. The summed E-state index contributed by atoms with van der Waals surface area (Å²) in [6, 6.07) is 4.63. The van der Waals surface area contributed by atoms with E-state index in [2.05, 4.69) is 21.2 Å². The molecule has 0 bridgehead atoms. The third-order valence-corrected chi connectivity index (χ3v) is 2.93. The van der Waals surface area contributed by atoms with Crippen molar-refractivity contribution in [1.82, 2.24) is 5.32 Å². The minimum absolute atomic E-state index is 0.265. The average molecular weight is 319 g/mol. The molecule has 0 aliphatic carbocycles. The van der Waals surface area contributed by atoms with Crippen LogP contribution in [0.15, 0.2) is 22.7 Å². The van der Waals surface area contributed by atoms with Gasteiger partial charge in [-0.2, -0.15) is 0 Å². The van der Waals surface area contributed by atoms with Crippen molar-refractivity contribution in [2.24, 2.45) is 0 Å². The number of aliphatic hydroxyl groups is 3. The molecule has 18 heavy (non-hydrogen) atoms. The van der Waals surface area contributed by atoms with Crippen molar-refractivity contribution in [1.29, 1.82) is 0 Å². The van der Waals surface area contributed by atoms with Gasteiger partial charge in [-0.1, -0.05) is 15.9 Å². The zero-order valence-corrected chi connectivity index (χ0v) is 11.1. The molecular formula is C11H15BrN2O4. The van der Waals surface area contributed by atoms with Crippen molar-refractivity contribution in [3.05, 3.63) is 28.2 Å². The van der Waals surface area contributed by atoms with Crippen molar-refractivity contribution >= 4 is 27.5 Å². The fraction of sp³-hybridized carbons (Fsp3) is 0.364. The number of nitrogen functional groups attached to an aromatic ring is 1. The first-order valence-electron chi connectivity index (χ1n) is 5.17. The zero-order chi connectivity index (χ0) is 13.8. The molecule has 0 fully saturated rings. The minimum atomic E-state index is -1.45. The molecule has 0 saturated heterocycles. The lowest BCUT2D eigenvalue weighted by molar-refractivity contribution is 0.0375. The van der Waals surface area contributed by atoms with Crippen molar-refractivity contribution in [2.75, 3.05) is 25.6 Å². The van der Waals surface area contributed by atoms with Gasteiger partial charge in [-0.25, -0.2) is 0 Å². The van der Waals surface area contributed by atoms with Gasteiger partial charge in [0, 0.05) is 15.7 Å². The van der Waals surface area contributed by atoms with Crippen LogP contribution < -0.4 is 11.1 Å². The van der Waals surface area contributed by atoms with Gasteiger partial charge in [0.15, 0.2) is 0 Å². The molecule has 6 N–H and O–H groups in total. The molecule has 0 aliphatic heterocycles. The van der Waals surface area contributed by atoms with Gasteiger partial charge in [-0.3, -0.25) is 4.79 Å². The van der Waals surface area contributed by atoms with Crippen molar-refractivity contribution in [3.8, 4) is 0 Å². The molecule has 1 amide bonds. The molecule has 6 nitrogen and oxygen atoms in total. The van der Waals surface area contributed by atoms with Gasteiger partial charge in [0.05, 0.1) is 19.8 Å². The molecule has 1 aromatic carbocycles. The first-order chi connectivity index (χ1) is 8.46. The SMILES string of the molecule is Nc1cc(Br)cc(C(=O)NC(CO)(CO)CO)c1. The summed E-state index contributed by atoms with van der Waals surface area (Å²) in [5.74, 6) is -0.542. The highest BCUT2D eigenvalue weighted by Gasteiger charge is 2.30. The fourth-order valence-electron chi connectivity index (χ4n) is 1.33. The van der Waals surface area contributed by atoms with Crippen LogP contribution in [0.25, 0.3) is 0 Å². The molecule has 100 valence electrons. The smallest absolute Gasteiger partial charge is 0.252 e. The summed E-state index contributed by atoms with van der Waals surface area (Å²) in [6.07, 6.45) is 0. The lowest BCUT2D eigenvalue weighted by Crippen LogP contribution is -2.57. The monoisotopic (exact) mass is 318 g/mol. The molecule has 0 heterocycles. The highest BCUT2D eigenvalue weighted by Crippen LogP contribution is 2.18. The highest BCUT2D eigenvalue weighted by molar-refractivity contribution is 9.10. The van der Waals surface area contributed by atoms with E-state index in [0.717, 1.165) is 0 Å². The molecule has 0 aliphatic rings. The number of amides is 1. The molecule has 1 aromatic rings. The predicted octanol–water partition coefficient (Wildman–Crippen LogP) is -0.523. The summed E-state index contributed by atoms with van der Waals surface area (Å²) >= 11 is 3.20. The van der Waals surface area contributed by atoms with E-state index in [-0.39, 0.29) is 5.56 Å². The number of benzene rings is 1. The Kier molecular flexibility index (Phi) is 5.09. The quantitative estimate of drug-likeness (QED) is 0.468. The average Bonchev–Trinajstić information content (AvgIpc) is 2.35. The van der Waals surface area contributed by atoms with Crippen molar-refractivity contribution in [3.63, 3.8) is 0 Å². The molecule has 0 unspecified atom stereocenters. The molecule has 0 radical (unpaired) electrons. The van der Waals surface area contributed by atoms with Crippen molar-refractivity contribution in [2.45, 2.75) is 5.54 Å². The van der Waals surface area contributed by atoms with Gasteiger partial charge in [0.1, 0.15) is 5.54 Å². The van der Waals surface area contributed by atoms with Crippen molar-refractivity contribution < 1.29 is 20.1 Å². The molecule has 0 aromatic heterocycles. The summed E-state index contributed by atoms with van der Waals surface area (Å²) in [7, 11) is 0. The van der Waals surface area contributed by atoms with E-state index >= 15 is 0 Å². The van der Waals surface area contributed by atoms with E-state index in [9.17, 15) is 4.79 Å². The largest absolute Gasteiger partial charge is 0.399 e. The second kappa shape index (κ2) is 6.14. The maximum absolute atomic E-state index is 11.9. The fourth-order valence-corrected chi connectivity index (χ4v) is 1.84. The third kappa shape index (κ3) is 3.42. The van der Waals surface area contributed by atoms with Crippen LogP contribution in [0.1, 0.15) is 10.4 Å². The normalized spacial score (nSPS) is 11.3. The van der Waals surface area contributed by atoms with Gasteiger partial charge in [0.2, 0.25) is 0 Å². The Hall–Kier alpha value is -1.15. The van der Waals surface area contributed by atoms with Crippen LogP contribution in [0.4, 0.5) is 5.69 Å². The number of rotatable bonds is 5. The van der Waals surface area contributed by atoms with Gasteiger partial charge in [-0.15, -0.1) is 0 Å². The van der Waals surface area contributed by atoms with Crippen LogP contribution >= 0.6 is 15.9 Å². The lowest BCUT2D eigenvalue weighted by Gasteiger charge is -2.28. The highest BCUT2D eigenvalue weighted by atomic mass is 79.9. The standard InChI is InChI=1S/C11H15BrN2O4/c12-8-1-7(2-9(13)3-8)10(18)14-11(4-15,5-16)6-17/h1-3,15-17H,4-6,13H2,(H,14,18). The van der Waals surface area contributed by atoms with Crippen LogP contribution in [-0.4, -0.2) is 46.6 Å². The lowest BCUT2D eigenvalue weighted by atomic mass is 10.0. The third-order valence-electron chi connectivity index (χ3n) is 2.47. The van der Waals surface area contributed by atoms with Crippen LogP contribution in [0, 0.1) is 0 Å². The summed E-state index contributed by atoms with van der Waals surface area (Å²) in [6.45, 7) is -1.72. The van der Waals surface area contributed by atoms with Gasteiger partial charge in [-0.05, 0) is 18.2 Å². The van der Waals surface area contributed by atoms with E-state index in [4.69, 9.17) is 21.1 Å². The number of hydrogen-bond donors (Lipinski definition) is 5. The van der Waals surface area contributed by atoms with E-state index < -0.39 is 31.3 Å². The topological polar surface area (TPSA) is 116 Å². The number of carbonyl (C=O) groups excluding carboxylic acids is 1. The molecule has 0 spiro atoms. The maximum atomic E-state index is 11.9. The van der Waals surface area contributed by atoms with E-state index in [0.29, 0.717) is 10.2 Å². The van der Waals surface area contributed by atoms with Gasteiger partial charge >= 0.3 is 0 Å².